The third kappa shape index (κ3) is 746. The van der Waals surface area contributed by atoms with E-state index in [9.17, 15) is 0 Å². The van der Waals surface area contributed by atoms with E-state index < -0.39 is 0 Å². The Bertz CT molecular complexity index is 27.6. The van der Waals surface area contributed by atoms with Gasteiger partial charge in [0, 0.05) is 0 Å². The number of rotatable bonds is 0. The fourth-order valence-corrected chi connectivity index (χ4v) is 0. The van der Waals surface area contributed by atoms with E-state index in [1.54, 1.807) is 0 Å². The summed E-state index contributed by atoms with van der Waals surface area (Å²) >= 11 is 0. The van der Waals surface area contributed by atoms with Gasteiger partial charge in [0.1, 0.15) is 0 Å². The monoisotopic (exact) mass is 218 g/mol. The summed E-state index contributed by atoms with van der Waals surface area (Å²) in [6.07, 6.45) is 0. The predicted octanol–water partition coefficient (Wildman–Crippen LogP) is 2.98. The van der Waals surface area contributed by atoms with E-state index in [2.05, 4.69) is 41.5 Å². The van der Waals surface area contributed by atoms with Gasteiger partial charge in [-0.2, -0.15) is 0 Å². The van der Waals surface area contributed by atoms with Crippen LogP contribution in [0.2, 0.25) is 0 Å². The van der Waals surface area contributed by atoms with Crippen LogP contribution < -0.4 is 0 Å². The SMILES string of the molecule is CC(C)C.CC(C)C.Cl.Cl.[AlH3]. The molecule has 0 aliphatic carbocycles. The van der Waals surface area contributed by atoms with Gasteiger partial charge in [-0.25, -0.2) is 0 Å². The lowest BCUT2D eigenvalue weighted by Crippen LogP contribution is -1.66. The molecule has 0 aliphatic rings. The van der Waals surface area contributed by atoms with E-state index in [1.807, 2.05) is 0 Å². The highest BCUT2D eigenvalue weighted by molar-refractivity contribution is 5.85. The van der Waals surface area contributed by atoms with Gasteiger partial charge in [0.2, 0.25) is 0 Å². The third-order valence-corrected chi connectivity index (χ3v) is 0. The van der Waals surface area contributed by atoms with Gasteiger partial charge in [0.25, 0.3) is 0 Å². The highest BCUT2D eigenvalue weighted by atomic mass is 35.5. The summed E-state index contributed by atoms with van der Waals surface area (Å²) in [7, 11) is 0. The Morgan fingerprint density at radius 1 is 0.545 bits per heavy atom. The van der Waals surface area contributed by atoms with Crippen molar-refractivity contribution < 1.29 is 0 Å². The molecule has 0 saturated heterocycles. The van der Waals surface area contributed by atoms with Gasteiger partial charge in [0.05, 0.1) is 0 Å². The van der Waals surface area contributed by atoms with E-state index in [4.69, 9.17) is 0 Å². The van der Waals surface area contributed by atoms with Crippen LogP contribution >= 0.6 is 24.8 Å². The molecule has 0 radical (unpaired) electrons. The molecule has 0 spiro atoms. The Labute approximate surface area is 95.5 Å². The van der Waals surface area contributed by atoms with Crippen molar-refractivity contribution in [1.82, 2.24) is 0 Å². The number of halogens is 2. The molecule has 0 aromatic rings. The van der Waals surface area contributed by atoms with Crippen LogP contribution in [0.3, 0.4) is 0 Å². The molecular formula is C8H25AlCl2. The number of hydrogen-bond donors (Lipinski definition) is 0. The van der Waals surface area contributed by atoms with Crippen LogP contribution in [-0.2, 0) is 0 Å². The molecule has 0 unspecified atom stereocenters. The first-order valence-corrected chi connectivity index (χ1v) is 3.46. The van der Waals surface area contributed by atoms with Crippen LogP contribution in [0.4, 0.5) is 0 Å². The molecule has 0 heterocycles. The van der Waals surface area contributed by atoms with Crippen molar-refractivity contribution in [3.8, 4) is 0 Å². The van der Waals surface area contributed by atoms with Crippen molar-refractivity contribution in [2.75, 3.05) is 0 Å². The van der Waals surface area contributed by atoms with Crippen molar-refractivity contribution in [2.45, 2.75) is 41.5 Å². The maximum atomic E-state index is 2.17. The summed E-state index contributed by atoms with van der Waals surface area (Å²) in [6.45, 7) is 13.0. The molecule has 0 aromatic carbocycles. The lowest BCUT2D eigenvalue weighted by Gasteiger charge is -1.79. The molecule has 0 saturated carbocycles. The molecule has 11 heavy (non-hydrogen) atoms. The molecule has 0 fully saturated rings. The van der Waals surface area contributed by atoms with Crippen molar-refractivity contribution in [3.63, 3.8) is 0 Å². The summed E-state index contributed by atoms with van der Waals surface area (Å²) < 4.78 is 0. The zero-order valence-electron chi connectivity index (χ0n) is 7.97. The van der Waals surface area contributed by atoms with Gasteiger partial charge in [-0.3, -0.25) is 0 Å². The zero-order chi connectivity index (χ0) is 7.15. The maximum Gasteiger partial charge on any atom is 0.187 e. The molecule has 74 valence electrons. The first kappa shape index (κ1) is 29.6. The highest BCUT2D eigenvalue weighted by Gasteiger charge is 1.68. The minimum Gasteiger partial charge on any atom is -0.147 e. The smallest absolute Gasteiger partial charge is 0.147 e. The third-order valence-electron chi connectivity index (χ3n) is 0. The van der Waals surface area contributed by atoms with E-state index in [-0.39, 0.29) is 42.2 Å². The molecule has 0 atom stereocenters. The largest absolute Gasteiger partial charge is 0.187 e. The molecule has 0 nitrogen and oxygen atoms in total. The Balaban J connectivity index is -0.0000000171. The average Bonchev–Trinajstić information content (AvgIpc) is 1.25. The second-order valence-corrected chi connectivity index (χ2v) is 3.46. The molecule has 0 aliphatic heterocycles. The Kier molecular flexibility index (Phi) is 60.4. The second kappa shape index (κ2) is 22.5. The van der Waals surface area contributed by atoms with Crippen molar-refractivity contribution in [2.24, 2.45) is 11.8 Å². The van der Waals surface area contributed by atoms with Gasteiger partial charge < -0.3 is 0 Å². The fourth-order valence-electron chi connectivity index (χ4n) is 0. The maximum absolute atomic E-state index is 2.17. The van der Waals surface area contributed by atoms with Gasteiger partial charge in [0.15, 0.2) is 17.4 Å². The topological polar surface area (TPSA) is 0 Å². The molecule has 0 N–H and O–H groups in total. The van der Waals surface area contributed by atoms with Crippen molar-refractivity contribution >= 4 is 42.2 Å². The number of hydrogen-bond acceptors (Lipinski definition) is 0. The minimum atomic E-state index is 0. The minimum absolute atomic E-state index is 0. The molecule has 0 amide bonds. The second-order valence-electron chi connectivity index (χ2n) is 3.46. The lowest BCUT2D eigenvalue weighted by molar-refractivity contribution is 0.736. The summed E-state index contributed by atoms with van der Waals surface area (Å²) in [5, 5.41) is 0. The van der Waals surface area contributed by atoms with E-state index in [1.165, 1.54) is 0 Å². The summed E-state index contributed by atoms with van der Waals surface area (Å²) in [5.41, 5.74) is 0. The molecule has 3 heteroatoms. The van der Waals surface area contributed by atoms with Gasteiger partial charge >= 0.3 is 0 Å². The molecule has 0 bridgehead atoms. The van der Waals surface area contributed by atoms with Gasteiger partial charge in [-0.15, -0.1) is 24.8 Å². The lowest BCUT2D eigenvalue weighted by atomic mass is 10.3. The van der Waals surface area contributed by atoms with Gasteiger partial charge in [-0.1, -0.05) is 41.5 Å². The van der Waals surface area contributed by atoms with Crippen LogP contribution in [0.1, 0.15) is 41.5 Å². The predicted molar refractivity (Wildman–Crippen MR) is 65.5 cm³/mol. The first-order chi connectivity index (χ1) is 3.46. The van der Waals surface area contributed by atoms with E-state index in [0.29, 0.717) is 0 Å². The summed E-state index contributed by atoms with van der Waals surface area (Å²) in [6, 6.07) is 0. The average molecular weight is 219 g/mol. The van der Waals surface area contributed by atoms with Crippen LogP contribution in [0, 0.1) is 11.8 Å². The zero-order valence-corrected chi connectivity index (χ0v) is 9.60. The Morgan fingerprint density at radius 2 is 0.545 bits per heavy atom. The Hall–Kier alpha value is 1.11. The van der Waals surface area contributed by atoms with Crippen molar-refractivity contribution in [1.29, 1.82) is 0 Å². The fraction of sp³-hybridized carbons (Fsp3) is 1.00. The summed E-state index contributed by atoms with van der Waals surface area (Å²) in [5.74, 6) is 1.67. The van der Waals surface area contributed by atoms with Crippen molar-refractivity contribution in [3.05, 3.63) is 0 Å². The van der Waals surface area contributed by atoms with E-state index in [0.717, 1.165) is 11.8 Å². The van der Waals surface area contributed by atoms with Gasteiger partial charge in [-0.05, 0) is 11.8 Å². The summed E-state index contributed by atoms with van der Waals surface area (Å²) in [4.78, 5) is 0. The normalized spacial score (nSPS) is 6.55. The molecular weight excluding hydrogens is 194 g/mol. The molecule has 0 rings (SSSR count). The van der Waals surface area contributed by atoms with Crippen LogP contribution in [0.15, 0.2) is 0 Å². The van der Waals surface area contributed by atoms with Crippen LogP contribution in [0.25, 0.3) is 0 Å². The molecule has 0 aromatic heterocycles. The quantitative estimate of drug-likeness (QED) is 0.549. The Morgan fingerprint density at radius 3 is 0.545 bits per heavy atom. The first-order valence-electron chi connectivity index (χ1n) is 3.46. The van der Waals surface area contributed by atoms with Crippen LogP contribution in [-0.4, -0.2) is 17.4 Å². The van der Waals surface area contributed by atoms with E-state index >= 15 is 0 Å². The van der Waals surface area contributed by atoms with Crippen LogP contribution in [0.5, 0.6) is 0 Å². The highest BCUT2D eigenvalue weighted by Crippen LogP contribution is 1.81. The standard InChI is InChI=1S/2C4H10.Al.2ClH.3H/c2*1-4(2)3;;;;;;/h2*4H,1-3H3;;2*1H;;;.